The maximum absolute atomic E-state index is 14.0. The summed E-state index contributed by atoms with van der Waals surface area (Å²) in [6.45, 7) is 5.13. The molecule has 4 nitrogen and oxygen atoms in total. The molecule has 0 bridgehead atoms. The van der Waals surface area contributed by atoms with Gasteiger partial charge in [0.1, 0.15) is 0 Å². The van der Waals surface area contributed by atoms with Gasteiger partial charge in [-0.3, -0.25) is 9.59 Å². The molecule has 0 fully saturated rings. The predicted octanol–water partition coefficient (Wildman–Crippen LogP) is 5.78. The molecule has 0 rings (SSSR count). The van der Waals surface area contributed by atoms with Crippen molar-refractivity contribution in [2.45, 2.75) is 77.3 Å². The lowest BCUT2D eigenvalue weighted by Crippen LogP contribution is -2.61. The lowest BCUT2D eigenvalue weighted by Gasteiger charge is -2.36. The van der Waals surface area contributed by atoms with Crippen LogP contribution in [0.1, 0.15) is 53.4 Å². The molecular formula is C18H25F9O4. The van der Waals surface area contributed by atoms with Gasteiger partial charge in [-0.1, -0.05) is 13.8 Å². The van der Waals surface area contributed by atoms with E-state index in [-0.39, 0.29) is 25.6 Å². The van der Waals surface area contributed by atoms with Crippen LogP contribution in [0, 0.1) is 11.3 Å². The third kappa shape index (κ3) is 6.18. The maximum atomic E-state index is 14.0. The number of halogens is 9. The molecule has 0 saturated carbocycles. The van der Waals surface area contributed by atoms with E-state index in [1.165, 1.54) is 13.8 Å². The van der Waals surface area contributed by atoms with Gasteiger partial charge in [-0.15, -0.1) is 0 Å². The second-order valence-electron chi connectivity index (χ2n) is 7.31. The van der Waals surface area contributed by atoms with Gasteiger partial charge in [-0.2, -0.15) is 39.5 Å². The molecule has 0 aliphatic carbocycles. The van der Waals surface area contributed by atoms with Crippen molar-refractivity contribution in [3.63, 3.8) is 0 Å². The third-order valence-electron chi connectivity index (χ3n) is 4.56. The van der Waals surface area contributed by atoms with E-state index in [0.717, 1.165) is 0 Å². The van der Waals surface area contributed by atoms with Crippen LogP contribution < -0.4 is 0 Å². The predicted molar refractivity (Wildman–Crippen MR) is 89.9 cm³/mol. The zero-order chi connectivity index (χ0) is 24.9. The van der Waals surface area contributed by atoms with E-state index < -0.39 is 60.6 Å². The molecule has 0 aliphatic rings. The summed E-state index contributed by atoms with van der Waals surface area (Å²) in [5, 5.41) is 0. The molecule has 0 radical (unpaired) electrons. The fraction of sp³-hybridized carbons (Fsp3) is 0.889. The van der Waals surface area contributed by atoms with Gasteiger partial charge in [-0.25, -0.2) is 0 Å². The summed E-state index contributed by atoms with van der Waals surface area (Å²) in [6.07, 6.45) is -11.3. The minimum Gasteiger partial charge on any atom is -0.465 e. The topological polar surface area (TPSA) is 52.6 Å². The molecule has 0 aromatic rings. The minimum atomic E-state index is -7.06. The van der Waals surface area contributed by atoms with Crippen molar-refractivity contribution in [2.24, 2.45) is 11.3 Å². The average molecular weight is 476 g/mol. The Kier molecular flexibility index (Phi) is 9.72. The van der Waals surface area contributed by atoms with Crippen LogP contribution in [-0.4, -0.2) is 49.1 Å². The summed E-state index contributed by atoms with van der Waals surface area (Å²) in [6, 6.07) is 0. The summed E-state index contributed by atoms with van der Waals surface area (Å²) in [5.74, 6) is -22.9. The van der Waals surface area contributed by atoms with Gasteiger partial charge >= 0.3 is 35.9 Å². The summed E-state index contributed by atoms with van der Waals surface area (Å²) in [5.41, 5.74) is -2.58. The summed E-state index contributed by atoms with van der Waals surface area (Å²) < 4.78 is 128. The van der Waals surface area contributed by atoms with Gasteiger partial charge in [0.25, 0.3) is 0 Å². The zero-order valence-corrected chi connectivity index (χ0v) is 17.4. The molecule has 0 saturated heterocycles. The lowest BCUT2D eigenvalue weighted by atomic mass is 9.76. The van der Waals surface area contributed by atoms with Crippen molar-refractivity contribution in [3.05, 3.63) is 0 Å². The van der Waals surface area contributed by atoms with Crippen molar-refractivity contribution >= 4 is 11.9 Å². The monoisotopic (exact) mass is 476 g/mol. The van der Waals surface area contributed by atoms with Crippen LogP contribution >= 0.6 is 0 Å². The highest BCUT2D eigenvalue weighted by Crippen LogP contribution is 2.55. The first-order valence-corrected chi connectivity index (χ1v) is 9.38. The van der Waals surface area contributed by atoms with Gasteiger partial charge < -0.3 is 9.47 Å². The minimum absolute atomic E-state index is 0.0122. The second-order valence-corrected chi connectivity index (χ2v) is 7.31. The van der Waals surface area contributed by atoms with Crippen LogP contribution in [0.2, 0.25) is 0 Å². The molecule has 0 aromatic carbocycles. The van der Waals surface area contributed by atoms with Crippen LogP contribution in [0.3, 0.4) is 0 Å². The molecule has 0 aliphatic heterocycles. The van der Waals surface area contributed by atoms with E-state index in [9.17, 15) is 49.1 Å². The van der Waals surface area contributed by atoms with E-state index in [4.69, 9.17) is 0 Å². The van der Waals surface area contributed by atoms with E-state index in [0.29, 0.717) is 0 Å². The fourth-order valence-electron chi connectivity index (χ4n) is 2.63. The Hall–Kier alpha value is -1.69. The second kappa shape index (κ2) is 10.3. The van der Waals surface area contributed by atoms with Crippen molar-refractivity contribution < 1.29 is 58.6 Å². The molecule has 31 heavy (non-hydrogen) atoms. The van der Waals surface area contributed by atoms with Crippen LogP contribution in [0.5, 0.6) is 0 Å². The molecule has 13 heteroatoms. The Balaban J connectivity index is 6.19. The van der Waals surface area contributed by atoms with Crippen molar-refractivity contribution in [1.29, 1.82) is 0 Å². The maximum Gasteiger partial charge on any atom is 0.460 e. The highest BCUT2D eigenvalue weighted by Gasteiger charge is 2.81. The van der Waals surface area contributed by atoms with Gasteiger partial charge in [0, 0.05) is 6.42 Å². The van der Waals surface area contributed by atoms with Crippen LogP contribution in [-0.2, 0) is 19.1 Å². The number of esters is 2. The van der Waals surface area contributed by atoms with E-state index >= 15 is 0 Å². The molecule has 0 unspecified atom stereocenters. The number of hydrogen-bond acceptors (Lipinski definition) is 4. The first kappa shape index (κ1) is 29.3. The first-order valence-electron chi connectivity index (χ1n) is 9.38. The van der Waals surface area contributed by atoms with Gasteiger partial charge in [0.05, 0.1) is 13.2 Å². The first-order chi connectivity index (χ1) is 13.8. The van der Waals surface area contributed by atoms with Crippen LogP contribution in [0.4, 0.5) is 39.5 Å². The summed E-state index contributed by atoms with van der Waals surface area (Å²) in [7, 11) is 0. The van der Waals surface area contributed by atoms with E-state index in [1.54, 1.807) is 13.8 Å². The number of rotatable bonds is 12. The van der Waals surface area contributed by atoms with Gasteiger partial charge in [0.15, 0.2) is 5.41 Å². The van der Waals surface area contributed by atoms with E-state index in [2.05, 4.69) is 9.47 Å². The molecule has 0 atom stereocenters. The van der Waals surface area contributed by atoms with Crippen LogP contribution in [0.25, 0.3) is 0 Å². The van der Waals surface area contributed by atoms with Crippen molar-refractivity contribution in [1.82, 2.24) is 0 Å². The van der Waals surface area contributed by atoms with Crippen molar-refractivity contribution in [2.75, 3.05) is 13.2 Å². The quantitative estimate of drug-likeness (QED) is 0.204. The van der Waals surface area contributed by atoms with Gasteiger partial charge in [-0.05, 0) is 39.0 Å². The number of hydrogen-bond donors (Lipinski definition) is 0. The Labute approximate surface area is 173 Å². The summed E-state index contributed by atoms with van der Waals surface area (Å²) >= 11 is 0. The molecule has 0 spiro atoms. The molecular weight excluding hydrogens is 451 g/mol. The Morgan fingerprint density at radius 3 is 1.45 bits per heavy atom. The third-order valence-corrected chi connectivity index (χ3v) is 4.56. The number of carbonyl (C=O) groups excluding carboxylic acids is 2. The molecule has 0 amide bonds. The lowest BCUT2D eigenvalue weighted by molar-refractivity contribution is -0.397. The largest absolute Gasteiger partial charge is 0.465 e. The van der Waals surface area contributed by atoms with E-state index in [1.807, 2.05) is 0 Å². The summed E-state index contributed by atoms with van der Waals surface area (Å²) in [4.78, 5) is 24.9. The SMILES string of the molecule is CCOC(=O)C(CCC(C)C)(CCC(F)(F)C(F)(F)C(F)(F)C(F)(F)F)C(=O)OCC. The molecule has 0 aromatic heterocycles. The number of alkyl halides is 9. The van der Waals surface area contributed by atoms with Gasteiger partial charge in [0.2, 0.25) is 0 Å². The Bertz CT molecular complexity index is 598. The number of carbonyl (C=O) groups is 2. The molecule has 0 heterocycles. The average Bonchev–Trinajstić information content (AvgIpc) is 2.60. The Morgan fingerprint density at radius 1 is 0.710 bits per heavy atom. The zero-order valence-electron chi connectivity index (χ0n) is 17.4. The Morgan fingerprint density at radius 2 is 1.13 bits per heavy atom. The normalized spacial score (nSPS) is 14.0. The smallest absolute Gasteiger partial charge is 0.460 e. The highest BCUT2D eigenvalue weighted by atomic mass is 19.4. The van der Waals surface area contributed by atoms with Crippen LogP contribution in [0.15, 0.2) is 0 Å². The fourth-order valence-corrected chi connectivity index (χ4v) is 2.63. The van der Waals surface area contributed by atoms with Crippen molar-refractivity contribution in [3.8, 4) is 0 Å². The standard InChI is InChI=1S/C18H25F9O4/c1-5-30-12(28)14(8-7-11(3)4,13(29)31-6-2)9-10-15(19,20)16(21,22)17(23,24)18(25,26)27/h11H,5-10H2,1-4H3. The number of ether oxygens (including phenoxy) is 2. The molecule has 184 valence electrons. The molecule has 0 N–H and O–H groups in total. The highest BCUT2D eigenvalue weighted by molar-refractivity contribution is 6.00.